The second kappa shape index (κ2) is 7.99. The predicted octanol–water partition coefficient (Wildman–Crippen LogP) is 2.67. The number of nitrogens with zero attached hydrogens (tertiary/aromatic N) is 2. The number of amides is 1. The summed E-state index contributed by atoms with van der Waals surface area (Å²) in [5.41, 5.74) is 2.60. The van der Waals surface area contributed by atoms with Gasteiger partial charge in [-0.05, 0) is 55.5 Å². The van der Waals surface area contributed by atoms with E-state index in [4.69, 9.17) is 4.74 Å². The highest BCUT2D eigenvalue weighted by Gasteiger charge is 2.49. The largest absolute Gasteiger partial charge is 0.382 e. The van der Waals surface area contributed by atoms with Crippen LogP contribution in [0.4, 0.5) is 5.69 Å². The van der Waals surface area contributed by atoms with E-state index in [1.54, 1.807) is 12.3 Å². The summed E-state index contributed by atoms with van der Waals surface area (Å²) in [6.07, 6.45) is 3.68. The molecule has 1 unspecified atom stereocenters. The lowest BCUT2D eigenvalue weighted by atomic mass is 9.74. The van der Waals surface area contributed by atoms with Gasteiger partial charge in [0.15, 0.2) is 0 Å². The molecule has 2 fully saturated rings. The molecule has 2 heterocycles. The minimum atomic E-state index is -0.825. The van der Waals surface area contributed by atoms with E-state index in [1.807, 2.05) is 37.3 Å². The number of aliphatic hydroxyl groups excluding tert-OH is 1. The third-order valence-electron chi connectivity index (χ3n) is 6.01. The van der Waals surface area contributed by atoms with E-state index in [2.05, 4.69) is 15.2 Å². The normalized spacial score (nSPS) is 20.2. The minimum Gasteiger partial charge on any atom is -0.382 e. The van der Waals surface area contributed by atoms with E-state index >= 15 is 0 Å². The maximum atomic E-state index is 13.3. The second-order valence-corrected chi connectivity index (χ2v) is 7.67. The highest BCUT2D eigenvalue weighted by atomic mass is 16.5. The van der Waals surface area contributed by atoms with Crippen molar-refractivity contribution < 1.29 is 14.6 Å². The minimum absolute atomic E-state index is 0.0493. The lowest BCUT2D eigenvalue weighted by Gasteiger charge is -2.50. The first kappa shape index (κ1) is 19.1. The zero-order valence-corrected chi connectivity index (χ0v) is 16.2. The summed E-state index contributed by atoms with van der Waals surface area (Å²) in [6, 6.07) is 11.1. The van der Waals surface area contributed by atoms with Crippen LogP contribution in [0, 0.1) is 6.92 Å². The van der Waals surface area contributed by atoms with E-state index in [-0.39, 0.29) is 5.91 Å². The average Bonchev–Trinajstić information content (AvgIpc) is 2.70. The van der Waals surface area contributed by atoms with E-state index < -0.39 is 11.6 Å². The van der Waals surface area contributed by atoms with Crippen molar-refractivity contribution in [3.63, 3.8) is 0 Å². The number of carbonyl (C=O) groups is 1. The first-order valence-electron chi connectivity index (χ1n) is 9.94. The van der Waals surface area contributed by atoms with Gasteiger partial charge in [0.2, 0.25) is 5.91 Å². The lowest BCUT2D eigenvalue weighted by Crippen LogP contribution is -2.63. The number of rotatable bonds is 5. The van der Waals surface area contributed by atoms with Gasteiger partial charge < -0.3 is 15.2 Å². The Morgan fingerprint density at radius 1 is 1.25 bits per heavy atom. The SMILES string of the molecule is Cc1ccc(C(O)c2ccccn2)cc1NC(=O)C1(N2CCOCC2)CCC1. The van der Waals surface area contributed by atoms with Gasteiger partial charge in [-0.25, -0.2) is 0 Å². The first-order chi connectivity index (χ1) is 13.6. The van der Waals surface area contributed by atoms with Crippen LogP contribution in [-0.2, 0) is 9.53 Å². The molecule has 28 heavy (non-hydrogen) atoms. The molecule has 4 rings (SSSR count). The number of aryl methyl sites for hydroxylation is 1. The summed E-state index contributed by atoms with van der Waals surface area (Å²) >= 11 is 0. The van der Waals surface area contributed by atoms with Gasteiger partial charge in [-0.15, -0.1) is 0 Å². The van der Waals surface area contributed by atoms with Crippen molar-refractivity contribution in [1.82, 2.24) is 9.88 Å². The Labute approximate surface area is 165 Å². The molecule has 1 atom stereocenters. The third-order valence-corrected chi connectivity index (χ3v) is 6.01. The topological polar surface area (TPSA) is 74.7 Å². The molecule has 148 valence electrons. The van der Waals surface area contributed by atoms with Gasteiger partial charge in [-0.1, -0.05) is 18.2 Å². The maximum Gasteiger partial charge on any atom is 0.244 e. The standard InChI is InChI=1S/C22H27N3O3/c1-16-6-7-17(20(26)18-5-2-3-10-23-18)15-19(16)24-21(27)22(8-4-9-22)25-11-13-28-14-12-25/h2-3,5-7,10,15,20,26H,4,8-9,11-14H2,1H3,(H,24,27). The molecule has 2 N–H and O–H groups in total. The Balaban J connectivity index is 1.55. The fourth-order valence-electron chi connectivity index (χ4n) is 4.08. The molecular weight excluding hydrogens is 354 g/mol. The molecule has 6 nitrogen and oxygen atoms in total. The number of pyridine rings is 1. The Bertz CT molecular complexity index is 830. The number of aromatic nitrogens is 1. The van der Waals surface area contributed by atoms with Crippen molar-refractivity contribution in [2.24, 2.45) is 0 Å². The number of ether oxygens (including phenoxy) is 1. The number of hydrogen-bond acceptors (Lipinski definition) is 5. The maximum absolute atomic E-state index is 13.3. The first-order valence-corrected chi connectivity index (χ1v) is 9.94. The summed E-state index contributed by atoms with van der Waals surface area (Å²) in [5.74, 6) is 0.0493. The summed E-state index contributed by atoms with van der Waals surface area (Å²) in [4.78, 5) is 19.8. The number of anilines is 1. The quantitative estimate of drug-likeness (QED) is 0.833. The van der Waals surface area contributed by atoms with E-state index in [9.17, 15) is 9.90 Å². The van der Waals surface area contributed by atoms with Crippen LogP contribution in [0.1, 0.15) is 42.2 Å². The average molecular weight is 381 g/mol. The molecule has 1 aliphatic heterocycles. The molecule has 1 saturated carbocycles. The van der Waals surface area contributed by atoms with Crippen LogP contribution >= 0.6 is 0 Å². The zero-order chi connectivity index (χ0) is 19.6. The van der Waals surface area contributed by atoms with Crippen LogP contribution < -0.4 is 5.32 Å². The second-order valence-electron chi connectivity index (χ2n) is 7.67. The molecule has 0 bridgehead atoms. The third kappa shape index (κ3) is 3.55. The molecule has 2 aromatic rings. The zero-order valence-electron chi connectivity index (χ0n) is 16.2. The summed E-state index contributed by atoms with van der Waals surface area (Å²) in [7, 11) is 0. The number of morpholine rings is 1. The molecule has 1 aliphatic carbocycles. The van der Waals surface area contributed by atoms with E-state index in [0.717, 1.165) is 43.6 Å². The number of hydrogen-bond donors (Lipinski definition) is 2. The summed E-state index contributed by atoms with van der Waals surface area (Å²) in [6.45, 7) is 4.92. The van der Waals surface area contributed by atoms with Crippen molar-refractivity contribution in [3.05, 3.63) is 59.4 Å². The van der Waals surface area contributed by atoms with Crippen LogP contribution in [0.15, 0.2) is 42.6 Å². The van der Waals surface area contributed by atoms with Crippen molar-refractivity contribution in [2.75, 3.05) is 31.6 Å². The highest BCUT2D eigenvalue weighted by Crippen LogP contribution is 2.39. The monoisotopic (exact) mass is 381 g/mol. The fourth-order valence-corrected chi connectivity index (χ4v) is 4.08. The van der Waals surface area contributed by atoms with Crippen LogP contribution in [0.2, 0.25) is 0 Å². The molecule has 2 aliphatic rings. The van der Waals surface area contributed by atoms with Gasteiger partial charge in [-0.2, -0.15) is 0 Å². The number of nitrogens with one attached hydrogen (secondary N) is 1. The van der Waals surface area contributed by atoms with Gasteiger partial charge in [0.25, 0.3) is 0 Å². The van der Waals surface area contributed by atoms with Gasteiger partial charge in [0.05, 0.1) is 18.9 Å². The fraction of sp³-hybridized carbons (Fsp3) is 0.455. The van der Waals surface area contributed by atoms with E-state index in [0.29, 0.717) is 24.5 Å². The summed E-state index contributed by atoms with van der Waals surface area (Å²) in [5, 5.41) is 13.8. The summed E-state index contributed by atoms with van der Waals surface area (Å²) < 4.78 is 5.46. The van der Waals surface area contributed by atoms with Crippen molar-refractivity contribution in [2.45, 2.75) is 37.8 Å². The Kier molecular flexibility index (Phi) is 5.44. The van der Waals surface area contributed by atoms with Crippen LogP contribution in [0.5, 0.6) is 0 Å². The molecule has 1 aromatic carbocycles. The molecule has 1 amide bonds. The molecule has 0 spiro atoms. The van der Waals surface area contributed by atoms with Crippen molar-refractivity contribution in [3.8, 4) is 0 Å². The van der Waals surface area contributed by atoms with Gasteiger partial charge >= 0.3 is 0 Å². The van der Waals surface area contributed by atoms with Crippen LogP contribution in [-0.4, -0.2) is 52.7 Å². The number of benzene rings is 1. The smallest absolute Gasteiger partial charge is 0.244 e. The Morgan fingerprint density at radius 2 is 2.04 bits per heavy atom. The van der Waals surface area contributed by atoms with Gasteiger partial charge in [0.1, 0.15) is 11.6 Å². The molecule has 6 heteroatoms. The Hall–Kier alpha value is -2.28. The number of carbonyl (C=O) groups excluding carboxylic acids is 1. The molecule has 0 radical (unpaired) electrons. The van der Waals surface area contributed by atoms with E-state index in [1.165, 1.54) is 0 Å². The van der Waals surface area contributed by atoms with Crippen LogP contribution in [0.3, 0.4) is 0 Å². The number of aliphatic hydroxyl groups is 1. The molecule has 1 saturated heterocycles. The molecular formula is C22H27N3O3. The van der Waals surface area contributed by atoms with Gasteiger partial charge in [-0.3, -0.25) is 14.7 Å². The van der Waals surface area contributed by atoms with Crippen LogP contribution in [0.25, 0.3) is 0 Å². The van der Waals surface area contributed by atoms with Crippen molar-refractivity contribution in [1.29, 1.82) is 0 Å². The Morgan fingerprint density at radius 3 is 2.68 bits per heavy atom. The lowest BCUT2D eigenvalue weighted by molar-refractivity contribution is -0.139. The van der Waals surface area contributed by atoms with Crippen molar-refractivity contribution >= 4 is 11.6 Å². The highest BCUT2D eigenvalue weighted by molar-refractivity contribution is 5.99. The van der Waals surface area contributed by atoms with Gasteiger partial charge in [0, 0.05) is 25.0 Å². The predicted molar refractivity (Wildman–Crippen MR) is 107 cm³/mol. The molecule has 1 aromatic heterocycles.